The van der Waals surface area contributed by atoms with Gasteiger partial charge in [0, 0.05) is 25.7 Å². The highest BCUT2D eigenvalue weighted by Crippen LogP contribution is 2.45. The summed E-state index contributed by atoms with van der Waals surface area (Å²) in [5.41, 5.74) is 0. The molecule has 5 atom stereocenters. The molecule has 0 saturated carbocycles. The Kier molecular flexibility index (Phi) is 77.3. The predicted octanol–water partition coefficient (Wildman–Crippen LogP) is 26.4. The van der Waals surface area contributed by atoms with Crippen molar-refractivity contribution in [2.45, 2.75) is 483 Å². The van der Waals surface area contributed by atoms with E-state index < -0.39 is 97.5 Å². The topological polar surface area (TPSA) is 237 Å². The number of rotatable bonds is 86. The highest BCUT2D eigenvalue weighted by molar-refractivity contribution is 7.47. The van der Waals surface area contributed by atoms with E-state index in [-0.39, 0.29) is 25.7 Å². The molecule has 0 aliphatic rings. The van der Waals surface area contributed by atoms with Gasteiger partial charge in [-0.1, -0.05) is 413 Å². The van der Waals surface area contributed by atoms with Crippen LogP contribution in [0.2, 0.25) is 0 Å². The van der Waals surface area contributed by atoms with Gasteiger partial charge >= 0.3 is 39.5 Å². The monoisotopic (exact) mass is 1540 g/mol. The molecule has 0 fully saturated rings. The molecule has 0 rings (SSSR count). The zero-order valence-corrected chi connectivity index (χ0v) is 70.7. The van der Waals surface area contributed by atoms with Crippen LogP contribution in [0.5, 0.6) is 0 Å². The first-order valence-electron chi connectivity index (χ1n) is 44.6. The van der Waals surface area contributed by atoms with Crippen molar-refractivity contribution in [3.05, 3.63) is 0 Å². The van der Waals surface area contributed by atoms with Crippen LogP contribution in [0, 0.1) is 5.92 Å². The zero-order chi connectivity index (χ0) is 76.9. The van der Waals surface area contributed by atoms with E-state index in [0.717, 1.165) is 95.8 Å². The van der Waals surface area contributed by atoms with E-state index in [0.29, 0.717) is 25.7 Å². The first-order chi connectivity index (χ1) is 51.0. The molecule has 624 valence electrons. The third kappa shape index (κ3) is 79.9. The van der Waals surface area contributed by atoms with Crippen molar-refractivity contribution in [3.8, 4) is 0 Å². The fraction of sp³-hybridized carbons (Fsp3) is 0.953. The van der Waals surface area contributed by atoms with Crippen molar-refractivity contribution < 1.29 is 80.2 Å². The fourth-order valence-electron chi connectivity index (χ4n) is 13.5. The third-order valence-electron chi connectivity index (χ3n) is 20.3. The Morgan fingerprint density at radius 1 is 0.257 bits per heavy atom. The van der Waals surface area contributed by atoms with Gasteiger partial charge in [0.05, 0.1) is 26.4 Å². The molecule has 17 nitrogen and oxygen atoms in total. The maximum Gasteiger partial charge on any atom is 0.472 e. The Labute approximate surface area is 645 Å². The van der Waals surface area contributed by atoms with E-state index in [2.05, 4.69) is 34.6 Å². The van der Waals surface area contributed by atoms with Crippen molar-refractivity contribution >= 4 is 39.5 Å². The average Bonchev–Trinajstić information content (AvgIpc) is 0.915. The van der Waals surface area contributed by atoms with E-state index in [4.69, 9.17) is 37.0 Å². The summed E-state index contributed by atoms with van der Waals surface area (Å²) in [5.74, 6) is -1.30. The van der Waals surface area contributed by atoms with Crippen molar-refractivity contribution in [1.29, 1.82) is 0 Å². The van der Waals surface area contributed by atoms with E-state index in [1.54, 1.807) is 0 Å². The summed E-state index contributed by atoms with van der Waals surface area (Å²) in [4.78, 5) is 73.2. The number of carbonyl (C=O) groups excluding carboxylic acids is 4. The Bertz CT molecular complexity index is 2000. The quantitative estimate of drug-likeness (QED) is 0.0222. The SMILES string of the molecule is CCCCCCCCCCCCCCCCCCCCCCCCC(=O)O[C@H](COC(=O)CCCCCCCCCCCCCCCCC(C)C)COP(=O)(O)OC[C@@H](O)COP(=O)(O)OC[C@@H](COC(=O)CCCCCCCCCCCC)OC(=O)CCCCCCCCCCCCCCCCCC. The number of unbranched alkanes of at least 4 members (excludes halogenated alkanes) is 58. The van der Waals surface area contributed by atoms with E-state index in [1.165, 1.54) is 289 Å². The molecule has 0 aromatic carbocycles. The van der Waals surface area contributed by atoms with Crippen molar-refractivity contribution in [1.82, 2.24) is 0 Å². The maximum atomic E-state index is 13.1. The van der Waals surface area contributed by atoms with Crippen molar-refractivity contribution in [2.75, 3.05) is 39.6 Å². The van der Waals surface area contributed by atoms with E-state index in [1.807, 2.05) is 0 Å². The Balaban J connectivity index is 5.21. The highest BCUT2D eigenvalue weighted by Gasteiger charge is 2.30. The Morgan fingerprint density at radius 3 is 0.648 bits per heavy atom. The summed E-state index contributed by atoms with van der Waals surface area (Å²) in [6.45, 7) is 7.38. The number of esters is 4. The second-order valence-corrected chi connectivity index (χ2v) is 34.3. The van der Waals surface area contributed by atoms with Gasteiger partial charge in [-0.05, 0) is 31.6 Å². The van der Waals surface area contributed by atoms with Gasteiger partial charge in [0.2, 0.25) is 0 Å². The van der Waals surface area contributed by atoms with Crippen LogP contribution in [0.15, 0.2) is 0 Å². The molecule has 0 heterocycles. The zero-order valence-electron chi connectivity index (χ0n) is 68.9. The van der Waals surface area contributed by atoms with Crippen molar-refractivity contribution in [3.63, 3.8) is 0 Å². The lowest BCUT2D eigenvalue weighted by Crippen LogP contribution is -2.30. The molecule has 2 unspecified atom stereocenters. The second-order valence-electron chi connectivity index (χ2n) is 31.4. The number of aliphatic hydroxyl groups excluding tert-OH is 1. The number of aliphatic hydroxyl groups is 1. The molecular weight excluding hydrogens is 1370 g/mol. The minimum atomic E-state index is -4.97. The van der Waals surface area contributed by atoms with Gasteiger partial charge in [0.15, 0.2) is 12.2 Å². The van der Waals surface area contributed by atoms with Crippen LogP contribution in [-0.4, -0.2) is 96.7 Å². The average molecular weight is 1540 g/mol. The molecule has 0 radical (unpaired) electrons. The molecule has 0 spiro atoms. The molecule has 0 aromatic rings. The number of phosphoric ester groups is 2. The van der Waals surface area contributed by atoms with Crippen LogP contribution in [-0.2, 0) is 65.4 Å². The molecule has 19 heteroatoms. The van der Waals surface area contributed by atoms with Crippen LogP contribution >= 0.6 is 15.6 Å². The molecule has 105 heavy (non-hydrogen) atoms. The van der Waals surface area contributed by atoms with Gasteiger partial charge in [-0.15, -0.1) is 0 Å². The summed E-state index contributed by atoms with van der Waals surface area (Å²) in [5, 5.41) is 10.7. The summed E-state index contributed by atoms with van der Waals surface area (Å²) < 4.78 is 68.9. The number of hydrogen-bond acceptors (Lipinski definition) is 15. The Morgan fingerprint density at radius 2 is 0.438 bits per heavy atom. The van der Waals surface area contributed by atoms with Gasteiger partial charge in [0.1, 0.15) is 19.3 Å². The first-order valence-corrected chi connectivity index (χ1v) is 47.6. The van der Waals surface area contributed by atoms with Crippen LogP contribution in [0.3, 0.4) is 0 Å². The summed E-state index contributed by atoms with van der Waals surface area (Å²) in [7, 11) is -9.92. The molecule has 0 saturated heterocycles. The number of ether oxygens (including phenoxy) is 4. The number of carbonyl (C=O) groups is 4. The smallest absolute Gasteiger partial charge is 0.462 e. The van der Waals surface area contributed by atoms with Crippen LogP contribution in [0.25, 0.3) is 0 Å². The van der Waals surface area contributed by atoms with Crippen LogP contribution < -0.4 is 0 Å². The minimum absolute atomic E-state index is 0.109. The largest absolute Gasteiger partial charge is 0.472 e. The molecule has 3 N–H and O–H groups in total. The van der Waals surface area contributed by atoms with Gasteiger partial charge in [-0.3, -0.25) is 37.3 Å². The first kappa shape index (κ1) is 103. The van der Waals surface area contributed by atoms with Gasteiger partial charge in [-0.2, -0.15) is 0 Å². The lowest BCUT2D eigenvalue weighted by molar-refractivity contribution is -0.161. The van der Waals surface area contributed by atoms with Crippen LogP contribution in [0.1, 0.15) is 465 Å². The Hall–Kier alpha value is -1.94. The summed E-state index contributed by atoms with van der Waals surface area (Å²) in [6, 6.07) is 0. The van der Waals surface area contributed by atoms with E-state index >= 15 is 0 Å². The van der Waals surface area contributed by atoms with Gasteiger partial charge in [-0.25, -0.2) is 9.13 Å². The number of phosphoric acid groups is 2. The molecular formula is C86H168O17P2. The summed E-state index contributed by atoms with van der Waals surface area (Å²) in [6.07, 6.45) is 72.2. The van der Waals surface area contributed by atoms with E-state index in [9.17, 15) is 43.2 Å². The minimum Gasteiger partial charge on any atom is -0.462 e. The highest BCUT2D eigenvalue weighted by atomic mass is 31.2. The molecule has 0 aliphatic heterocycles. The predicted molar refractivity (Wildman–Crippen MR) is 432 cm³/mol. The summed E-state index contributed by atoms with van der Waals surface area (Å²) >= 11 is 0. The van der Waals surface area contributed by atoms with Crippen LogP contribution in [0.4, 0.5) is 0 Å². The lowest BCUT2D eigenvalue weighted by Gasteiger charge is -2.21. The molecule has 0 bridgehead atoms. The lowest BCUT2D eigenvalue weighted by atomic mass is 10.0. The molecule has 0 aliphatic carbocycles. The van der Waals surface area contributed by atoms with Gasteiger partial charge in [0.25, 0.3) is 0 Å². The fourth-order valence-corrected chi connectivity index (χ4v) is 15.1. The van der Waals surface area contributed by atoms with Gasteiger partial charge < -0.3 is 33.8 Å². The maximum absolute atomic E-state index is 13.1. The molecule has 0 aromatic heterocycles. The van der Waals surface area contributed by atoms with Crippen molar-refractivity contribution in [2.24, 2.45) is 5.92 Å². The standard InChI is InChI=1S/C86H168O17P2/c1-6-9-12-15-18-21-24-26-28-30-31-32-33-34-35-37-43-47-52-57-62-67-72-86(91)103-82(76-97-84(89)70-65-60-55-50-45-41-39-38-40-44-48-53-58-63-68-79(4)5)78-101-105(94,95)99-74-80(87)73-98-104(92,93)100-77-81(75-96-83(88)69-64-59-54-49-23-20-17-14-11-8-3)102-85(90)71-66-61-56-51-46-42-36-29-27-25-22-19-16-13-10-7-2/h79-82,87H,6-78H2,1-5H3,(H,92,93)(H,94,95)/t80-,81+,82+/m0/s1. The molecule has 0 amide bonds. The second kappa shape index (κ2) is 78.7. The third-order valence-corrected chi connectivity index (χ3v) is 22.2. The normalized spacial score (nSPS) is 13.8. The number of hydrogen-bond donors (Lipinski definition) is 3.